The van der Waals surface area contributed by atoms with E-state index in [1.54, 1.807) is 18.0 Å². The SMILES string of the molecule is Cc1ccccc1N(CCCC(=O)N(C)[C@@H]1CCCC[C@H]1O)S(C)(=O)=O. The summed E-state index contributed by atoms with van der Waals surface area (Å²) in [4.78, 5) is 14.1. The fraction of sp³-hybridized carbons (Fsp3) is 0.632. The van der Waals surface area contributed by atoms with E-state index in [2.05, 4.69) is 0 Å². The molecule has 1 aliphatic rings. The molecule has 1 fully saturated rings. The Kier molecular flexibility index (Phi) is 7.06. The first kappa shape index (κ1) is 20.7. The van der Waals surface area contributed by atoms with Crippen LogP contribution in [0.3, 0.4) is 0 Å². The van der Waals surface area contributed by atoms with Crippen molar-refractivity contribution in [3.63, 3.8) is 0 Å². The topological polar surface area (TPSA) is 77.9 Å². The second-order valence-electron chi connectivity index (χ2n) is 7.15. The summed E-state index contributed by atoms with van der Waals surface area (Å²) in [6, 6.07) is 7.20. The summed E-state index contributed by atoms with van der Waals surface area (Å²) in [6.07, 6.45) is 5.00. The average molecular weight is 383 g/mol. The van der Waals surface area contributed by atoms with Crippen LogP contribution in [0.2, 0.25) is 0 Å². The highest BCUT2D eigenvalue weighted by atomic mass is 32.2. The third kappa shape index (κ3) is 5.20. The van der Waals surface area contributed by atoms with Gasteiger partial charge in [-0.05, 0) is 37.8 Å². The zero-order chi connectivity index (χ0) is 19.3. The number of benzene rings is 1. The lowest BCUT2D eigenvalue weighted by Crippen LogP contribution is -2.46. The largest absolute Gasteiger partial charge is 0.391 e. The summed E-state index contributed by atoms with van der Waals surface area (Å²) in [5.41, 5.74) is 1.53. The van der Waals surface area contributed by atoms with Gasteiger partial charge in [-0.2, -0.15) is 0 Å². The highest BCUT2D eigenvalue weighted by molar-refractivity contribution is 7.92. The van der Waals surface area contributed by atoms with Crippen molar-refractivity contribution in [1.82, 2.24) is 4.90 Å². The van der Waals surface area contributed by atoms with Gasteiger partial charge >= 0.3 is 0 Å². The van der Waals surface area contributed by atoms with Crippen molar-refractivity contribution in [2.75, 3.05) is 24.2 Å². The maximum absolute atomic E-state index is 12.5. The van der Waals surface area contributed by atoms with Gasteiger partial charge in [-0.1, -0.05) is 31.0 Å². The fourth-order valence-electron chi connectivity index (χ4n) is 3.59. The first-order valence-corrected chi connectivity index (χ1v) is 11.0. The number of aliphatic hydroxyl groups excluding tert-OH is 1. The molecule has 0 bridgehead atoms. The highest BCUT2D eigenvalue weighted by Crippen LogP contribution is 2.24. The first-order chi connectivity index (χ1) is 12.2. The maximum Gasteiger partial charge on any atom is 0.232 e. The molecule has 6 nitrogen and oxygen atoms in total. The number of anilines is 1. The van der Waals surface area contributed by atoms with E-state index >= 15 is 0 Å². The zero-order valence-corrected chi connectivity index (χ0v) is 16.7. The molecular formula is C19H30N2O4S. The zero-order valence-electron chi connectivity index (χ0n) is 15.9. The maximum atomic E-state index is 12.5. The lowest BCUT2D eigenvalue weighted by Gasteiger charge is -2.35. The van der Waals surface area contributed by atoms with Crippen LogP contribution in [0, 0.1) is 6.92 Å². The molecule has 2 rings (SSSR count). The van der Waals surface area contributed by atoms with E-state index in [1.165, 1.54) is 10.6 Å². The molecule has 0 saturated heterocycles. The number of hydrogen-bond acceptors (Lipinski definition) is 4. The van der Waals surface area contributed by atoms with Crippen molar-refractivity contribution >= 4 is 21.6 Å². The number of para-hydroxylation sites is 1. The highest BCUT2D eigenvalue weighted by Gasteiger charge is 2.29. The molecule has 1 N–H and O–H groups in total. The number of rotatable bonds is 7. The van der Waals surface area contributed by atoms with Gasteiger partial charge in [0.2, 0.25) is 15.9 Å². The molecular weight excluding hydrogens is 352 g/mol. The van der Waals surface area contributed by atoms with Crippen LogP contribution in [0.25, 0.3) is 0 Å². The average Bonchev–Trinajstić information content (AvgIpc) is 2.58. The van der Waals surface area contributed by atoms with E-state index in [0.717, 1.165) is 31.2 Å². The summed E-state index contributed by atoms with van der Waals surface area (Å²) in [6.45, 7) is 2.13. The monoisotopic (exact) mass is 382 g/mol. The van der Waals surface area contributed by atoms with Crippen molar-refractivity contribution in [2.45, 2.75) is 57.6 Å². The Morgan fingerprint density at radius 1 is 1.23 bits per heavy atom. The normalized spacial score (nSPS) is 20.6. The Hall–Kier alpha value is -1.60. The van der Waals surface area contributed by atoms with Gasteiger partial charge in [0, 0.05) is 20.0 Å². The number of carbonyl (C=O) groups excluding carboxylic acids is 1. The number of hydrogen-bond donors (Lipinski definition) is 1. The van der Waals surface area contributed by atoms with Gasteiger partial charge in [-0.15, -0.1) is 0 Å². The molecule has 0 heterocycles. The van der Waals surface area contributed by atoms with E-state index in [0.29, 0.717) is 12.1 Å². The molecule has 1 aliphatic carbocycles. The number of likely N-dealkylation sites (N-methyl/N-ethyl adjacent to an activating group) is 1. The lowest BCUT2D eigenvalue weighted by molar-refractivity contribution is -0.135. The Labute approximate surface area is 156 Å². The Morgan fingerprint density at radius 3 is 2.50 bits per heavy atom. The van der Waals surface area contributed by atoms with Crippen LogP contribution in [0.1, 0.15) is 44.1 Å². The minimum atomic E-state index is -3.42. The lowest BCUT2D eigenvalue weighted by atomic mass is 9.91. The molecule has 0 radical (unpaired) electrons. The van der Waals surface area contributed by atoms with Crippen LogP contribution in [0.15, 0.2) is 24.3 Å². The van der Waals surface area contributed by atoms with Crippen LogP contribution < -0.4 is 4.31 Å². The quantitative estimate of drug-likeness (QED) is 0.785. The number of carbonyl (C=O) groups is 1. The molecule has 1 aromatic carbocycles. The second-order valence-corrected chi connectivity index (χ2v) is 9.06. The Bertz CT molecular complexity index is 720. The molecule has 0 aliphatic heterocycles. The molecule has 1 amide bonds. The Balaban J connectivity index is 1.97. The summed E-state index contributed by atoms with van der Waals surface area (Å²) < 4.78 is 25.7. The van der Waals surface area contributed by atoms with Crippen molar-refractivity contribution < 1.29 is 18.3 Å². The predicted octanol–water partition coefficient (Wildman–Crippen LogP) is 2.30. The molecule has 0 aromatic heterocycles. The van der Waals surface area contributed by atoms with Crippen LogP contribution >= 0.6 is 0 Å². The number of nitrogens with zero attached hydrogens (tertiary/aromatic N) is 2. The summed E-state index contributed by atoms with van der Waals surface area (Å²) >= 11 is 0. The van der Waals surface area contributed by atoms with E-state index in [9.17, 15) is 18.3 Å². The minimum Gasteiger partial charge on any atom is -0.391 e. The fourth-order valence-corrected chi connectivity index (χ4v) is 4.61. The van der Waals surface area contributed by atoms with Gasteiger partial charge in [-0.3, -0.25) is 9.10 Å². The van der Waals surface area contributed by atoms with Gasteiger partial charge < -0.3 is 10.0 Å². The van der Waals surface area contributed by atoms with E-state index in [1.807, 2.05) is 25.1 Å². The number of amides is 1. The van der Waals surface area contributed by atoms with Gasteiger partial charge in [0.05, 0.1) is 24.1 Å². The number of aliphatic hydroxyl groups is 1. The molecule has 0 unspecified atom stereocenters. The van der Waals surface area contributed by atoms with Gasteiger partial charge in [0.1, 0.15) is 0 Å². The molecule has 1 saturated carbocycles. The summed E-state index contributed by atoms with van der Waals surface area (Å²) in [5, 5.41) is 10.1. The molecule has 2 atom stereocenters. The molecule has 1 aromatic rings. The smallest absolute Gasteiger partial charge is 0.232 e. The summed E-state index contributed by atoms with van der Waals surface area (Å²) in [5.74, 6) is -0.0471. The van der Waals surface area contributed by atoms with Gasteiger partial charge in [0.25, 0.3) is 0 Å². The number of sulfonamides is 1. The molecule has 7 heteroatoms. The third-order valence-corrected chi connectivity index (χ3v) is 6.30. The van der Waals surface area contributed by atoms with Gasteiger partial charge in [0.15, 0.2) is 0 Å². The molecule has 146 valence electrons. The first-order valence-electron chi connectivity index (χ1n) is 9.19. The minimum absolute atomic E-state index is 0.0471. The summed E-state index contributed by atoms with van der Waals surface area (Å²) in [7, 11) is -1.69. The van der Waals surface area contributed by atoms with E-state index < -0.39 is 16.1 Å². The number of aryl methyl sites for hydroxylation is 1. The van der Waals surface area contributed by atoms with E-state index in [4.69, 9.17) is 0 Å². The van der Waals surface area contributed by atoms with Crippen molar-refractivity contribution in [2.24, 2.45) is 0 Å². The van der Waals surface area contributed by atoms with Crippen molar-refractivity contribution in [3.8, 4) is 0 Å². The van der Waals surface area contributed by atoms with Crippen LogP contribution in [0.5, 0.6) is 0 Å². The third-order valence-electron chi connectivity index (χ3n) is 5.12. The van der Waals surface area contributed by atoms with Crippen LogP contribution in [-0.4, -0.2) is 56.3 Å². The van der Waals surface area contributed by atoms with E-state index in [-0.39, 0.29) is 24.9 Å². The standard InChI is InChI=1S/C19H30N2O4S/c1-15-9-4-5-10-16(15)21(26(3,24)25)14-8-13-19(23)20(2)17-11-6-7-12-18(17)22/h4-5,9-10,17-18,22H,6-8,11-14H2,1-3H3/t17-,18-/m1/s1. The molecule has 0 spiro atoms. The van der Waals surface area contributed by atoms with Crippen LogP contribution in [-0.2, 0) is 14.8 Å². The second kappa shape index (κ2) is 8.86. The molecule has 26 heavy (non-hydrogen) atoms. The van der Waals surface area contributed by atoms with Crippen LogP contribution in [0.4, 0.5) is 5.69 Å². The van der Waals surface area contributed by atoms with Gasteiger partial charge in [-0.25, -0.2) is 8.42 Å². The Morgan fingerprint density at radius 2 is 1.88 bits per heavy atom. The van der Waals surface area contributed by atoms with Crippen molar-refractivity contribution in [3.05, 3.63) is 29.8 Å². The van der Waals surface area contributed by atoms with Crippen molar-refractivity contribution in [1.29, 1.82) is 0 Å². The predicted molar refractivity (Wildman–Crippen MR) is 104 cm³/mol.